The number of carbonyl (C=O) groups is 2. The minimum absolute atomic E-state index is 0. The molecule has 2 fully saturated rings. The highest BCUT2D eigenvalue weighted by Crippen LogP contribution is 2.25. The van der Waals surface area contributed by atoms with Crippen molar-refractivity contribution in [2.75, 3.05) is 31.5 Å². The fourth-order valence-electron chi connectivity index (χ4n) is 4.03. The molecule has 3 unspecified atom stereocenters. The predicted octanol–water partition coefficient (Wildman–Crippen LogP) is 3.33. The third-order valence-electron chi connectivity index (χ3n) is 5.83. The van der Waals surface area contributed by atoms with E-state index in [4.69, 9.17) is 0 Å². The number of hydrogen-bond donors (Lipinski definition) is 2. The Labute approximate surface area is 168 Å². The van der Waals surface area contributed by atoms with Crippen LogP contribution >= 0.6 is 12.4 Å². The molecule has 2 aliphatic rings. The first kappa shape index (κ1) is 21.7. The van der Waals surface area contributed by atoms with Crippen LogP contribution in [0.1, 0.15) is 43.1 Å². The monoisotopic (exact) mass is 393 g/mol. The maximum Gasteiger partial charge on any atom is 0.253 e. The summed E-state index contributed by atoms with van der Waals surface area (Å²) in [5.74, 6) is 1.53. The summed E-state index contributed by atoms with van der Waals surface area (Å²) in [4.78, 5) is 27.4. The molecule has 0 bridgehead atoms. The Bertz CT molecular complexity index is 680. The first-order valence-electron chi connectivity index (χ1n) is 9.76. The molecule has 2 amide bonds. The van der Waals surface area contributed by atoms with Gasteiger partial charge in [-0.25, -0.2) is 0 Å². The number of nitrogens with zero attached hydrogens (tertiary/aromatic N) is 1. The molecule has 5 nitrogen and oxygen atoms in total. The highest BCUT2D eigenvalue weighted by atomic mass is 35.5. The van der Waals surface area contributed by atoms with Crippen molar-refractivity contribution in [1.29, 1.82) is 0 Å². The molecule has 0 spiro atoms. The number of likely N-dealkylation sites (tertiary alicyclic amines) is 1. The summed E-state index contributed by atoms with van der Waals surface area (Å²) < 4.78 is 0. The van der Waals surface area contributed by atoms with E-state index >= 15 is 0 Å². The van der Waals surface area contributed by atoms with Crippen molar-refractivity contribution in [3.63, 3.8) is 0 Å². The Morgan fingerprint density at radius 2 is 1.81 bits per heavy atom. The van der Waals surface area contributed by atoms with Gasteiger partial charge in [0.25, 0.3) is 5.91 Å². The molecule has 27 heavy (non-hydrogen) atoms. The van der Waals surface area contributed by atoms with Gasteiger partial charge in [-0.15, -0.1) is 12.4 Å². The zero-order valence-corrected chi connectivity index (χ0v) is 17.6. The highest BCUT2D eigenvalue weighted by Gasteiger charge is 2.29. The standard InChI is InChI=1S/C21H31N3O2.ClH/c1-13-7-14(2)12-24(11-13)21(26)17-6-5-15(3)19(8-17)23-20(25)16(4)18-9-22-10-18;/h5-6,8,13-14,16,18,22H,7,9-12H2,1-4H3,(H,23,25);1H. The number of hydrogen-bond acceptors (Lipinski definition) is 3. The number of halogens is 1. The third kappa shape index (κ3) is 5.02. The summed E-state index contributed by atoms with van der Waals surface area (Å²) in [6.45, 7) is 11.8. The van der Waals surface area contributed by atoms with Gasteiger partial charge in [0.15, 0.2) is 0 Å². The first-order valence-corrected chi connectivity index (χ1v) is 9.76. The van der Waals surface area contributed by atoms with E-state index in [9.17, 15) is 9.59 Å². The van der Waals surface area contributed by atoms with Crippen LogP contribution in [0.4, 0.5) is 5.69 Å². The van der Waals surface area contributed by atoms with Crippen LogP contribution in [0.5, 0.6) is 0 Å². The molecule has 1 aromatic rings. The lowest BCUT2D eigenvalue weighted by Gasteiger charge is -2.35. The van der Waals surface area contributed by atoms with Gasteiger partial charge in [0.1, 0.15) is 0 Å². The van der Waals surface area contributed by atoms with Crippen LogP contribution in [-0.2, 0) is 4.79 Å². The van der Waals surface area contributed by atoms with Crippen molar-refractivity contribution in [2.45, 2.75) is 34.1 Å². The summed E-state index contributed by atoms with van der Waals surface area (Å²) in [5.41, 5.74) is 2.39. The van der Waals surface area contributed by atoms with Crippen molar-refractivity contribution < 1.29 is 9.59 Å². The first-order chi connectivity index (χ1) is 12.3. The highest BCUT2D eigenvalue weighted by molar-refractivity contribution is 5.98. The van der Waals surface area contributed by atoms with Gasteiger partial charge >= 0.3 is 0 Å². The van der Waals surface area contributed by atoms with Crippen molar-refractivity contribution in [3.8, 4) is 0 Å². The second-order valence-corrected chi connectivity index (χ2v) is 8.38. The van der Waals surface area contributed by atoms with Crippen molar-refractivity contribution in [1.82, 2.24) is 10.2 Å². The van der Waals surface area contributed by atoms with E-state index in [1.807, 2.05) is 36.9 Å². The number of piperidine rings is 1. The van der Waals surface area contributed by atoms with Gasteiger partial charge in [0, 0.05) is 30.3 Å². The molecule has 6 heteroatoms. The maximum absolute atomic E-state index is 12.9. The molecular weight excluding hydrogens is 362 g/mol. The van der Waals surface area contributed by atoms with E-state index in [-0.39, 0.29) is 30.1 Å². The second kappa shape index (κ2) is 9.07. The van der Waals surface area contributed by atoms with Crippen LogP contribution in [0.15, 0.2) is 18.2 Å². The molecule has 2 aliphatic heterocycles. The number of carbonyl (C=O) groups excluding carboxylic acids is 2. The van der Waals surface area contributed by atoms with Gasteiger partial charge in [-0.3, -0.25) is 9.59 Å². The molecule has 0 radical (unpaired) electrons. The van der Waals surface area contributed by atoms with E-state index in [2.05, 4.69) is 24.5 Å². The van der Waals surface area contributed by atoms with E-state index in [1.165, 1.54) is 6.42 Å². The summed E-state index contributed by atoms with van der Waals surface area (Å²) >= 11 is 0. The summed E-state index contributed by atoms with van der Waals surface area (Å²) in [6.07, 6.45) is 1.17. The summed E-state index contributed by atoms with van der Waals surface area (Å²) in [5, 5.41) is 6.25. The van der Waals surface area contributed by atoms with Crippen LogP contribution in [-0.4, -0.2) is 42.9 Å². The Hall–Kier alpha value is -1.59. The molecule has 3 rings (SSSR count). The molecule has 2 saturated heterocycles. The van der Waals surface area contributed by atoms with E-state index in [0.29, 0.717) is 23.3 Å². The van der Waals surface area contributed by atoms with Gasteiger partial charge in [0.2, 0.25) is 5.91 Å². The smallest absolute Gasteiger partial charge is 0.253 e. The van der Waals surface area contributed by atoms with E-state index < -0.39 is 0 Å². The van der Waals surface area contributed by atoms with E-state index in [0.717, 1.165) is 37.4 Å². The van der Waals surface area contributed by atoms with Gasteiger partial charge < -0.3 is 15.5 Å². The SMILES string of the molecule is Cc1ccc(C(=O)N2CC(C)CC(C)C2)cc1NC(=O)C(C)C1CNC1.Cl. The Kier molecular flexibility index (Phi) is 7.29. The number of amides is 2. The van der Waals surface area contributed by atoms with Gasteiger partial charge in [-0.2, -0.15) is 0 Å². The second-order valence-electron chi connectivity index (χ2n) is 8.38. The van der Waals surface area contributed by atoms with Crippen LogP contribution in [0.25, 0.3) is 0 Å². The van der Waals surface area contributed by atoms with Crippen molar-refractivity contribution in [3.05, 3.63) is 29.3 Å². The molecule has 1 aromatic carbocycles. The van der Waals surface area contributed by atoms with Crippen LogP contribution in [0, 0.1) is 30.6 Å². The normalized spacial score (nSPS) is 23.8. The Balaban J connectivity index is 0.00000261. The molecule has 3 atom stereocenters. The molecule has 0 saturated carbocycles. The number of benzene rings is 1. The van der Waals surface area contributed by atoms with Gasteiger partial charge in [-0.1, -0.05) is 26.8 Å². The predicted molar refractivity (Wildman–Crippen MR) is 111 cm³/mol. The van der Waals surface area contributed by atoms with Crippen molar-refractivity contribution in [2.24, 2.45) is 23.7 Å². The lowest BCUT2D eigenvalue weighted by atomic mass is 9.88. The van der Waals surface area contributed by atoms with Crippen LogP contribution in [0.2, 0.25) is 0 Å². The number of rotatable bonds is 4. The van der Waals surface area contributed by atoms with Crippen LogP contribution < -0.4 is 10.6 Å². The number of aryl methyl sites for hydroxylation is 1. The zero-order valence-electron chi connectivity index (χ0n) is 16.7. The minimum Gasteiger partial charge on any atom is -0.338 e. The zero-order chi connectivity index (χ0) is 18.8. The lowest BCUT2D eigenvalue weighted by molar-refractivity contribution is -0.121. The number of anilines is 1. The average Bonchev–Trinajstić information content (AvgIpc) is 2.53. The Morgan fingerprint density at radius 3 is 2.37 bits per heavy atom. The molecule has 2 heterocycles. The largest absolute Gasteiger partial charge is 0.338 e. The third-order valence-corrected chi connectivity index (χ3v) is 5.83. The summed E-state index contributed by atoms with van der Waals surface area (Å²) in [6, 6.07) is 5.64. The molecule has 2 N–H and O–H groups in total. The Morgan fingerprint density at radius 1 is 1.19 bits per heavy atom. The molecular formula is C21H32ClN3O2. The minimum atomic E-state index is -0.0289. The van der Waals surface area contributed by atoms with Crippen molar-refractivity contribution >= 4 is 29.9 Å². The molecule has 0 aromatic heterocycles. The quantitative estimate of drug-likeness (QED) is 0.824. The topological polar surface area (TPSA) is 61.4 Å². The van der Waals surface area contributed by atoms with Gasteiger partial charge in [0.05, 0.1) is 0 Å². The van der Waals surface area contributed by atoms with Gasteiger partial charge in [-0.05, 0) is 61.9 Å². The maximum atomic E-state index is 12.9. The molecule has 150 valence electrons. The van der Waals surface area contributed by atoms with E-state index in [1.54, 1.807) is 0 Å². The summed E-state index contributed by atoms with van der Waals surface area (Å²) in [7, 11) is 0. The van der Waals surface area contributed by atoms with Crippen LogP contribution in [0.3, 0.4) is 0 Å². The lowest BCUT2D eigenvalue weighted by Crippen LogP contribution is -2.48. The molecule has 0 aliphatic carbocycles. The average molecular weight is 394 g/mol. The number of nitrogens with one attached hydrogen (secondary N) is 2. The fraction of sp³-hybridized carbons (Fsp3) is 0.619. The fourth-order valence-corrected chi connectivity index (χ4v) is 4.03.